The summed E-state index contributed by atoms with van der Waals surface area (Å²) >= 11 is 6.60. The quantitative estimate of drug-likeness (QED) is 0.574. The first-order valence-corrected chi connectivity index (χ1v) is 11.1. The smallest absolute Gasteiger partial charge is 0.268 e. The van der Waals surface area contributed by atoms with Gasteiger partial charge in [-0.15, -0.1) is 0 Å². The lowest BCUT2D eigenvalue weighted by Crippen LogP contribution is -2.44. The summed E-state index contributed by atoms with van der Waals surface area (Å²) in [4.78, 5) is 29.5. The number of aryl methyl sites for hydroxylation is 1. The van der Waals surface area contributed by atoms with Gasteiger partial charge in [-0.1, -0.05) is 43.6 Å². The van der Waals surface area contributed by atoms with Crippen LogP contribution in [0.1, 0.15) is 35.3 Å². The highest BCUT2D eigenvalue weighted by molar-refractivity contribution is 6.34. The topological polar surface area (TPSA) is 91.8 Å². The zero-order valence-electron chi connectivity index (χ0n) is 18.4. The molecule has 8 heteroatoms. The lowest BCUT2D eigenvalue weighted by molar-refractivity contribution is -0.132. The largest absolute Gasteiger partial charge is 0.372 e. The van der Waals surface area contributed by atoms with Crippen LogP contribution in [0.2, 0.25) is 5.02 Å². The molecule has 1 aliphatic rings. The summed E-state index contributed by atoms with van der Waals surface area (Å²) in [6.45, 7) is 6.73. The van der Waals surface area contributed by atoms with Crippen molar-refractivity contribution < 1.29 is 14.7 Å². The molecule has 3 aromatic rings. The van der Waals surface area contributed by atoms with E-state index in [1.165, 1.54) is 11.0 Å². The first kappa shape index (κ1) is 22.3. The molecule has 3 N–H and O–H groups in total. The van der Waals surface area contributed by atoms with Gasteiger partial charge in [0.1, 0.15) is 0 Å². The molecule has 0 saturated carbocycles. The van der Waals surface area contributed by atoms with E-state index in [1.54, 1.807) is 12.1 Å². The minimum atomic E-state index is -1.99. The van der Waals surface area contributed by atoms with Crippen molar-refractivity contribution in [3.05, 3.63) is 64.3 Å². The Balaban J connectivity index is 1.94. The number of nitrogens with two attached hydrogens (primary N) is 1. The number of benzene rings is 2. The van der Waals surface area contributed by atoms with E-state index in [-0.39, 0.29) is 16.1 Å². The molecule has 0 radical (unpaired) electrons. The summed E-state index contributed by atoms with van der Waals surface area (Å²) in [6.07, 6.45) is 1.88. The van der Waals surface area contributed by atoms with Crippen molar-refractivity contribution in [1.29, 1.82) is 0 Å². The zero-order chi connectivity index (χ0) is 23.2. The van der Waals surface area contributed by atoms with Crippen LogP contribution in [0, 0.1) is 0 Å². The maximum Gasteiger partial charge on any atom is 0.268 e. The van der Waals surface area contributed by atoms with E-state index < -0.39 is 17.4 Å². The third-order valence-corrected chi connectivity index (χ3v) is 6.68. The maximum atomic E-state index is 13.9. The van der Waals surface area contributed by atoms with Gasteiger partial charge in [0.25, 0.3) is 5.91 Å². The molecule has 32 heavy (non-hydrogen) atoms. The van der Waals surface area contributed by atoms with E-state index >= 15 is 0 Å². The highest BCUT2D eigenvalue weighted by Gasteiger charge is 2.53. The molecule has 7 nitrogen and oxygen atoms in total. The van der Waals surface area contributed by atoms with Crippen molar-refractivity contribution in [2.24, 2.45) is 12.8 Å². The number of nitrogens with zero attached hydrogens (tertiary/aromatic N) is 3. The first-order valence-electron chi connectivity index (χ1n) is 10.7. The van der Waals surface area contributed by atoms with Crippen molar-refractivity contribution in [3.63, 3.8) is 0 Å². The van der Waals surface area contributed by atoms with Gasteiger partial charge < -0.3 is 25.2 Å². The Morgan fingerprint density at radius 1 is 1.22 bits per heavy atom. The Morgan fingerprint density at radius 2 is 1.94 bits per heavy atom. The lowest BCUT2D eigenvalue weighted by Gasteiger charge is -2.26. The van der Waals surface area contributed by atoms with Gasteiger partial charge >= 0.3 is 0 Å². The van der Waals surface area contributed by atoms with Crippen LogP contribution in [0.4, 0.5) is 5.69 Å². The Labute approximate surface area is 192 Å². The summed E-state index contributed by atoms with van der Waals surface area (Å²) in [6, 6.07) is 10.4. The van der Waals surface area contributed by atoms with Gasteiger partial charge in [0.05, 0.1) is 16.2 Å². The number of carbonyl (C=O) groups excluding carboxylic acids is 2. The summed E-state index contributed by atoms with van der Waals surface area (Å²) in [5.41, 5.74) is 5.60. The summed E-state index contributed by atoms with van der Waals surface area (Å²) in [5, 5.41) is 13.1. The fraction of sp³-hybridized carbons (Fsp3) is 0.333. The van der Waals surface area contributed by atoms with E-state index in [4.69, 9.17) is 17.3 Å². The van der Waals surface area contributed by atoms with Gasteiger partial charge in [-0.3, -0.25) is 9.59 Å². The molecule has 1 aliphatic heterocycles. The monoisotopic (exact) mass is 454 g/mol. The highest BCUT2D eigenvalue weighted by Crippen LogP contribution is 2.49. The molecule has 0 saturated heterocycles. The highest BCUT2D eigenvalue weighted by atomic mass is 35.5. The van der Waals surface area contributed by atoms with Crippen molar-refractivity contribution in [3.8, 4) is 0 Å². The maximum absolute atomic E-state index is 13.9. The van der Waals surface area contributed by atoms with E-state index in [0.29, 0.717) is 24.3 Å². The van der Waals surface area contributed by atoms with Gasteiger partial charge in [-0.2, -0.15) is 0 Å². The van der Waals surface area contributed by atoms with Gasteiger partial charge in [-0.25, -0.2) is 0 Å². The number of amides is 2. The fourth-order valence-corrected chi connectivity index (χ4v) is 4.97. The number of fused-ring (bicyclic) bond motifs is 2. The summed E-state index contributed by atoms with van der Waals surface area (Å²) in [7, 11) is 1.87. The number of primary amides is 1. The molecular formula is C24H27ClN4O3. The summed E-state index contributed by atoms with van der Waals surface area (Å²) < 4.78 is 1.87. The minimum absolute atomic E-state index is 0.128. The second-order valence-corrected chi connectivity index (χ2v) is 8.49. The van der Waals surface area contributed by atoms with Crippen LogP contribution in [0.5, 0.6) is 0 Å². The Hall–Kier alpha value is -2.87. The van der Waals surface area contributed by atoms with E-state index in [0.717, 1.165) is 24.0 Å². The molecule has 0 bridgehead atoms. The number of rotatable bonds is 7. The molecular weight excluding hydrogens is 428 g/mol. The Morgan fingerprint density at radius 3 is 2.59 bits per heavy atom. The third-order valence-electron chi connectivity index (χ3n) is 6.38. The predicted molar refractivity (Wildman–Crippen MR) is 126 cm³/mol. The third kappa shape index (κ3) is 3.28. The van der Waals surface area contributed by atoms with Gasteiger partial charge in [0.2, 0.25) is 5.91 Å². The average molecular weight is 455 g/mol. The Kier molecular flexibility index (Phi) is 5.75. The number of anilines is 1. The number of hydrogen-bond acceptors (Lipinski definition) is 4. The van der Waals surface area contributed by atoms with E-state index in [2.05, 4.69) is 18.7 Å². The average Bonchev–Trinajstić information content (AvgIpc) is 3.25. The number of likely N-dealkylation sites (N-methyl/N-ethyl adjacent to an activating group) is 1. The molecule has 2 aromatic carbocycles. The number of halogens is 1. The van der Waals surface area contributed by atoms with Crippen molar-refractivity contribution in [1.82, 2.24) is 9.47 Å². The zero-order valence-corrected chi connectivity index (χ0v) is 19.2. The molecule has 0 fully saturated rings. The molecule has 1 aromatic heterocycles. The molecule has 4 rings (SSSR count). The van der Waals surface area contributed by atoms with Crippen LogP contribution < -0.4 is 10.6 Å². The molecule has 2 amide bonds. The van der Waals surface area contributed by atoms with Crippen LogP contribution in [-0.4, -0.2) is 52.6 Å². The first-order chi connectivity index (χ1) is 15.2. The van der Waals surface area contributed by atoms with Gasteiger partial charge in [0.15, 0.2) is 5.60 Å². The van der Waals surface area contributed by atoms with Gasteiger partial charge in [-0.05, 0) is 36.7 Å². The van der Waals surface area contributed by atoms with Crippen molar-refractivity contribution in [2.75, 3.05) is 31.1 Å². The number of para-hydroxylation sites is 1. The van der Waals surface area contributed by atoms with Crippen LogP contribution in [0.15, 0.2) is 42.6 Å². The number of carbonyl (C=O) groups is 2. The predicted octanol–water partition coefficient (Wildman–Crippen LogP) is 2.85. The number of aromatic nitrogens is 1. The normalized spacial score (nSPS) is 18.1. The molecule has 1 unspecified atom stereocenters. The van der Waals surface area contributed by atoms with E-state index in [9.17, 15) is 14.7 Å². The minimum Gasteiger partial charge on any atom is -0.372 e. The van der Waals surface area contributed by atoms with E-state index in [1.807, 2.05) is 36.0 Å². The SMILES string of the molecule is CCN(CC)CCN1C(=O)C(O)(c2cccc3ccn(C)c23)c2c(Cl)cc(C(N)=O)cc21. The molecule has 1 atom stereocenters. The number of hydrogen-bond donors (Lipinski definition) is 2. The second kappa shape index (κ2) is 8.24. The molecule has 168 valence electrons. The number of aliphatic hydroxyl groups is 1. The van der Waals surface area contributed by atoms with Crippen LogP contribution in [0.25, 0.3) is 10.9 Å². The van der Waals surface area contributed by atoms with Crippen LogP contribution in [0.3, 0.4) is 0 Å². The molecule has 2 heterocycles. The van der Waals surface area contributed by atoms with Crippen LogP contribution >= 0.6 is 11.6 Å². The van der Waals surface area contributed by atoms with Gasteiger partial charge in [0, 0.05) is 43.0 Å². The summed E-state index contributed by atoms with van der Waals surface area (Å²) in [5.74, 6) is -1.14. The molecule has 0 spiro atoms. The molecule has 0 aliphatic carbocycles. The van der Waals surface area contributed by atoms with Crippen molar-refractivity contribution in [2.45, 2.75) is 19.4 Å². The van der Waals surface area contributed by atoms with Crippen molar-refractivity contribution >= 4 is 40.0 Å². The lowest BCUT2D eigenvalue weighted by atomic mass is 9.85. The second-order valence-electron chi connectivity index (χ2n) is 8.08. The standard InChI is InChI=1S/C24H27ClN4O3/c1-4-28(5-2)11-12-29-19-14-16(22(26)30)13-18(25)20(19)24(32,23(29)31)17-8-6-7-15-9-10-27(3)21(15)17/h6-10,13-14,32H,4-5,11-12H2,1-3H3,(H2,26,30). The van der Waals surface area contributed by atoms with Crippen LogP contribution in [-0.2, 0) is 17.4 Å². The fourth-order valence-electron chi connectivity index (χ4n) is 4.62. The Bertz CT molecular complexity index is 1220.